The van der Waals surface area contributed by atoms with Gasteiger partial charge in [-0.3, -0.25) is 4.79 Å². The molecule has 6 nitrogen and oxygen atoms in total. The molecule has 0 spiro atoms. The molecular weight excluding hydrogens is 338 g/mol. The van der Waals surface area contributed by atoms with Crippen LogP contribution in [0.15, 0.2) is 60.8 Å². The smallest absolute Gasteiger partial charge is 0.276 e. The third kappa shape index (κ3) is 4.34. The molecule has 27 heavy (non-hydrogen) atoms. The average molecular weight is 363 g/mol. The first-order valence-corrected chi connectivity index (χ1v) is 9.19. The van der Waals surface area contributed by atoms with Crippen molar-refractivity contribution in [3.05, 3.63) is 72.1 Å². The minimum atomic E-state index is -0.148. The lowest BCUT2D eigenvalue weighted by Crippen LogP contribution is -2.27. The fraction of sp³-hybridized carbons (Fsp3) is 0.286. The van der Waals surface area contributed by atoms with Gasteiger partial charge in [0.25, 0.3) is 5.91 Å². The van der Waals surface area contributed by atoms with Crippen molar-refractivity contribution in [2.45, 2.75) is 20.4 Å². The lowest BCUT2D eigenvalue weighted by molar-refractivity contribution is 0.0779. The van der Waals surface area contributed by atoms with E-state index >= 15 is 0 Å². The lowest BCUT2D eigenvalue weighted by Gasteiger charge is -2.22. The van der Waals surface area contributed by atoms with Gasteiger partial charge in [-0.25, -0.2) is 0 Å². The summed E-state index contributed by atoms with van der Waals surface area (Å²) in [6.45, 7) is 6.77. The highest BCUT2D eigenvalue weighted by Gasteiger charge is 2.16. The first kappa shape index (κ1) is 18.6. The number of benzene rings is 2. The van der Waals surface area contributed by atoms with E-state index in [0.29, 0.717) is 12.2 Å². The molecule has 3 aromatic rings. The van der Waals surface area contributed by atoms with Crippen molar-refractivity contribution in [2.24, 2.45) is 0 Å². The highest BCUT2D eigenvalue weighted by atomic mass is 16.2. The van der Waals surface area contributed by atoms with Crippen LogP contribution in [0.25, 0.3) is 5.69 Å². The van der Waals surface area contributed by atoms with Crippen molar-refractivity contribution in [2.75, 3.05) is 25.0 Å². The van der Waals surface area contributed by atoms with E-state index in [1.807, 2.05) is 30.3 Å². The van der Waals surface area contributed by atoms with Crippen LogP contribution in [0.5, 0.6) is 0 Å². The Labute approximate surface area is 160 Å². The van der Waals surface area contributed by atoms with Gasteiger partial charge in [-0.2, -0.15) is 9.90 Å². The van der Waals surface area contributed by atoms with Crippen molar-refractivity contribution in [3.8, 4) is 5.69 Å². The maximum Gasteiger partial charge on any atom is 0.276 e. The molecule has 140 valence electrons. The Bertz CT molecular complexity index is 869. The van der Waals surface area contributed by atoms with Gasteiger partial charge in [-0.1, -0.05) is 30.3 Å². The maximum absolute atomic E-state index is 12.7. The predicted molar refractivity (Wildman–Crippen MR) is 107 cm³/mol. The van der Waals surface area contributed by atoms with Crippen molar-refractivity contribution in [1.82, 2.24) is 19.9 Å². The first-order chi connectivity index (χ1) is 13.1. The number of hydrogen-bond acceptors (Lipinski definition) is 4. The summed E-state index contributed by atoms with van der Waals surface area (Å²) in [6.07, 6.45) is 1.51. The van der Waals surface area contributed by atoms with Crippen molar-refractivity contribution < 1.29 is 4.79 Å². The summed E-state index contributed by atoms with van der Waals surface area (Å²) >= 11 is 0. The molecule has 0 N–H and O–H groups in total. The third-order valence-corrected chi connectivity index (χ3v) is 4.53. The second kappa shape index (κ2) is 8.49. The van der Waals surface area contributed by atoms with Gasteiger partial charge in [-0.05, 0) is 43.7 Å². The topological polar surface area (TPSA) is 54.3 Å². The highest BCUT2D eigenvalue weighted by molar-refractivity contribution is 5.91. The van der Waals surface area contributed by atoms with Gasteiger partial charge in [0, 0.05) is 32.4 Å². The van der Waals surface area contributed by atoms with E-state index in [1.165, 1.54) is 16.7 Å². The SMILES string of the molecule is CCN(CC)c1ccc(CN(C)C(=O)c2cnn(-c3ccccc3)n2)cc1. The summed E-state index contributed by atoms with van der Waals surface area (Å²) in [4.78, 5) is 18.1. The summed E-state index contributed by atoms with van der Waals surface area (Å²) in [5.74, 6) is -0.148. The summed E-state index contributed by atoms with van der Waals surface area (Å²) in [5.41, 5.74) is 3.44. The summed E-state index contributed by atoms with van der Waals surface area (Å²) in [7, 11) is 1.78. The fourth-order valence-corrected chi connectivity index (χ4v) is 2.99. The fourth-order valence-electron chi connectivity index (χ4n) is 2.99. The monoisotopic (exact) mass is 363 g/mol. The van der Waals surface area contributed by atoms with Crippen LogP contribution < -0.4 is 4.90 Å². The zero-order valence-electron chi connectivity index (χ0n) is 16.0. The van der Waals surface area contributed by atoms with E-state index in [1.54, 1.807) is 11.9 Å². The van der Waals surface area contributed by atoms with Gasteiger partial charge >= 0.3 is 0 Å². The van der Waals surface area contributed by atoms with Crippen LogP contribution in [0, 0.1) is 0 Å². The molecule has 0 radical (unpaired) electrons. The van der Waals surface area contributed by atoms with Crippen molar-refractivity contribution in [1.29, 1.82) is 0 Å². The first-order valence-electron chi connectivity index (χ1n) is 9.19. The zero-order valence-corrected chi connectivity index (χ0v) is 16.0. The molecule has 0 saturated heterocycles. The van der Waals surface area contributed by atoms with Gasteiger partial charge in [0.2, 0.25) is 0 Å². The quantitative estimate of drug-likeness (QED) is 0.646. The van der Waals surface area contributed by atoms with Crippen LogP contribution in [0.2, 0.25) is 0 Å². The molecule has 0 aliphatic heterocycles. The van der Waals surface area contributed by atoms with E-state index in [-0.39, 0.29) is 5.91 Å². The number of carbonyl (C=O) groups excluding carboxylic acids is 1. The molecular formula is C21H25N5O. The Morgan fingerprint density at radius 1 is 1.00 bits per heavy atom. The number of hydrogen-bond donors (Lipinski definition) is 0. The lowest BCUT2D eigenvalue weighted by atomic mass is 10.2. The normalized spacial score (nSPS) is 10.6. The number of anilines is 1. The van der Waals surface area contributed by atoms with E-state index < -0.39 is 0 Å². The number of carbonyl (C=O) groups is 1. The molecule has 0 fully saturated rings. The van der Waals surface area contributed by atoms with E-state index in [4.69, 9.17) is 0 Å². The molecule has 0 aliphatic carbocycles. The molecule has 1 amide bonds. The van der Waals surface area contributed by atoms with Crippen LogP contribution in [0.1, 0.15) is 29.9 Å². The number of rotatable bonds is 7. The molecule has 1 heterocycles. The molecule has 0 unspecified atom stereocenters. The summed E-state index contributed by atoms with van der Waals surface area (Å²) in [5, 5.41) is 8.51. The second-order valence-corrected chi connectivity index (χ2v) is 6.35. The predicted octanol–water partition coefficient (Wildman–Crippen LogP) is 3.39. The van der Waals surface area contributed by atoms with Crippen molar-refractivity contribution >= 4 is 11.6 Å². The minimum absolute atomic E-state index is 0.148. The van der Waals surface area contributed by atoms with Gasteiger partial charge < -0.3 is 9.80 Å². The van der Waals surface area contributed by atoms with E-state index in [0.717, 1.165) is 24.3 Å². The Balaban J connectivity index is 1.67. The van der Waals surface area contributed by atoms with Crippen LogP contribution in [0.4, 0.5) is 5.69 Å². The Hall–Kier alpha value is -3.15. The van der Waals surface area contributed by atoms with Gasteiger partial charge in [0.15, 0.2) is 5.69 Å². The van der Waals surface area contributed by atoms with Gasteiger partial charge in [0.1, 0.15) is 0 Å². The maximum atomic E-state index is 12.7. The second-order valence-electron chi connectivity index (χ2n) is 6.35. The van der Waals surface area contributed by atoms with Crippen molar-refractivity contribution in [3.63, 3.8) is 0 Å². The van der Waals surface area contributed by atoms with Gasteiger partial charge in [0.05, 0.1) is 11.9 Å². The highest BCUT2D eigenvalue weighted by Crippen LogP contribution is 2.16. The molecule has 6 heteroatoms. The molecule has 1 aromatic heterocycles. The number of para-hydroxylation sites is 1. The Morgan fingerprint density at radius 2 is 1.67 bits per heavy atom. The third-order valence-electron chi connectivity index (χ3n) is 4.53. The number of aromatic nitrogens is 3. The number of nitrogens with zero attached hydrogens (tertiary/aromatic N) is 5. The molecule has 3 rings (SSSR count). The largest absolute Gasteiger partial charge is 0.372 e. The van der Waals surface area contributed by atoms with Crippen LogP contribution in [-0.4, -0.2) is 45.9 Å². The minimum Gasteiger partial charge on any atom is -0.372 e. The zero-order chi connectivity index (χ0) is 19.2. The molecule has 2 aromatic carbocycles. The van der Waals surface area contributed by atoms with E-state index in [2.05, 4.69) is 53.2 Å². The Kier molecular flexibility index (Phi) is 5.86. The summed E-state index contributed by atoms with van der Waals surface area (Å²) < 4.78 is 0. The molecule has 0 bridgehead atoms. The van der Waals surface area contributed by atoms with Crippen LogP contribution >= 0.6 is 0 Å². The van der Waals surface area contributed by atoms with Gasteiger partial charge in [-0.15, -0.1) is 5.10 Å². The average Bonchev–Trinajstić information content (AvgIpc) is 3.20. The van der Waals surface area contributed by atoms with E-state index in [9.17, 15) is 4.79 Å². The van der Waals surface area contributed by atoms with Crippen LogP contribution in [-0.2, 0) is 6.54 Å². The molecule has 0 atom stereocenters. The molecule has 0 aliphatic rings. The molecule has 0 saturated carbocycles. The Morgan fingerprint density at radius 3 is 2.30 bits per heavy atom. The number of amides is 1. The standard InChI is InChI=1S/C21H25N5O/c1-4-25(5-2)18-13-11-17(12-14-18)16-24(3)21(27)20-15-22-26(23-20)19-9-7-6-8-10-19/h6-15H,4-5,16H2,1-3H3. The van der Waals surface area contributed by atoms with Crippen LogP contribution in [0.3, 0.4) is 0 Å². The summed E-state index contributed by atoms with van der Waals surface area (Å²) in [6, 6.07) is 17.9.